The molecular formula is C18H15N3S. The van der Waals surface area contributed by atoms with Crippen LogP contribution in [-0.4, -0.2) is 9.55 Å². The topological polar surface area (TPSA) is 41.6 Å². The van der Waals surface area contributed by atoms with Crippen LogP contribution < -0.4 is 0 Å². The maximum Gasteiger partial charge on any atom is 0.174 e. The van der Waals surface area contributed by atoms with Crippen molar-refractivity contribution in [3.8, 4) is 6.07 Å². The number of nitrogens with zero attached hydrogens (tertiary/aromatic N) is 3. The minimum Gasteiger partial charge on any atom is -0.322 e. The second-order valence-electron chi connectivity index (χ2n) is 5.02. The zero-order chi connectivity index (χ0) is 15.5. The van der Waals surface area contributed by atoms with Crippen LogP contribution in [-0.2, 0) is 7.05 Å². The van der Waals surface area contributed by atoms with Crippen LogP contribution in [0.25, 0.3) is 17.1 Å². The second kappa shape index (κ2) is 6.08. The van der Waals surface area contributed by atoms with Crippen molar-refractivity contribution in [2.75, 3.05) is 0 Å². The third kappa shape index (κ3) is 2.76. The quantitative estimate of drug-likeness (QED) is 0.527. The van der Waals surface area contributed by atoms with E-state index >= 15 is 0 Å². The van der Waals surface area contributed by atoms with E-state index in [-0.39, 0.29) is 0 Å². The Kier molecular flexibility index (Phi) is 3.99. The molecule has 22 heavy (non-hydrogen) atoms. The van der Waals surface area contributed by atoms with Crippen molar-refractivity contribution in [1.82, 2.24) is 9.55 Å². The molecule has 3 nitrogen and oxygen atoms in total. The average molecular weight is 305 g/mol. The van der Waals surface area contributed by atoms with E-state index in [4.69, 9.17) is 0 Å². The molecule has 0 atom stereocenters. The molecule has 0 saturated heterocycles. The van der Waals surface area contributed by atoms with Crippen molar-refractivity contribution in [1.29, 1.82) is 5.26 Å². The average Bonchev–Trinajstić information content (AvgIpc) is 2.85. The summed E-state index contributed by atoms with van der Waals surface area (Å²) < 4.78 is 2.02. The second-order valence-corrected chi connectivity index (χ2v) is 6.03. The van der Waals surface area contributed by atoms with Gasteiger partial charge in [0.1, 0.15) is 6.07 Å². The Labute approximate surface area is 133 Å². The molecule has 0 aliphatic rings. The van der Waals surface area contributed by atoms with Gasteiger partial charge in [-0.05, 0) is 48.0 Å². The lowest BCUT2D eigenvalue weighted by Gasteiger charge is -2.02. The molecule has 2 aromatic carbocycles. The molecule has 3 aromatic rings. The molecule has 4 heteroatoms. The molecule has 0 spiro atoms. The third-order valence-corrected chi connectivity index (χ3v) is 4.51. The molecular weight excluding hydrogens is 290 g/mol. The van der Waals surface area contributed by atoms with Crippen LogP contribution in [0.1, 0.15) is 11.1 Å². The number of hydrogen-bond donors (Lipinski definition) is 0. The Bertz CT molecular complexity index is 900. The van der Waals surface area contributed by atoms with E-state index in [9.17, 15) is 5.26 Å². The number of hydrogen-bond acceptors (Lipinski definition) is 3. The largest absolute Gasteiger partial charge is 0.322 e. The number of imidazole rings is 1. The Morgan fingerprint density at radius 1 is 1.18 bits per heavy atom. The number of benzene rings is 2. The predicted octanol–water partition coefficient (Wildman–Crippen LogP) is 4.54. The van der Waals surface area contributed by atoms with Crippen molar-refractivity contribution in [2.45, 2.75) is 12.1 Å². The molecule has 0 saturated carbocycles. The molecule has 3 rings (SSSR count). The maximum absolute atomic E-state index is 9.43. The van der Waals surface area contributed by atoms with Gasteiger partial charge in [0.2, 0.25) is 0 Å². The molecule has 0 N–H and O–H groups in total. The van der Waals surface area contributed by atoms with Gasteiger partial charge >= 0.3 is 0 Å². The van der Waals surface area contributed by atoms with Crippen LogP contribution in [0, 0.1) is 18.3 Å². The van der Waals surface area contributed by atoms with E-state index < -0.39 is 0 Å². The molecule has 0 radical (unpaired) electrons. The smallest absolute Gasteiger partial charge is 0.174 e. The zero-order valence-electron chi connectivity index (χ0n) is 12.4. The number of thioether (sulfide) groups is 1. The molecule has 1 heterocycles. The van der Waals surface area contributed by atoms with Gasteiger partial charge in [-0.25, -0.2) is 4.98 Å². The highest BCUT2D eigenvalue weighted by molar-refractivity contribution is 8.03. The summed E-state index contributed by atoms with van der Waals surface area (Å²) in [6, 6.07) is 18.3. The summed E-state index contributed by atoms with van der Waals surface area (Å²) in [4.78, 5) is 5.23. The molecule has 0 unspecified atom stereocenters. The summed E-state index contributed by atoms with van der Waals surface area (Å²) in [5.74, 6) is 0. The van der Waals surface area contributed by atoms with Crippen LogP contribution in [0.2, 0.25) is 0 Å². The van der Waals surface area contributed by atoms with Crippen LogP contribution >= 0.6 is 11.8 Å². The van der Waals surface area contributed by atoms with Crippen molar-refractivity contribution in [3.63, 3.8) is 0 Å². The summed E-state index contributed by atoms with van der Waals surface area (Å²) in [5.41, 5.74) is 4.23. The van der Waals surface area contributed by atoms with Crippen LogP contribution in [0.4, 0.5) is 0 Å². The van der Waals surface area contributed by atoms with Gasteiger partial charge in [0.25, 0.3) is 0 Å². The van der Waals surface area contributed by atoms with Crippen LogP contribution in [0.5, 0.6) is 0 Å². The first-order valence-electron chi connectivity index (χ1n) is 6.96. The van der Waals surface area contributed by atoms with Gasteiger partial charge in [-0.1, -0.05) is 36.4 Å². The zero-order valence-corrected chi connectivity index (χ0v) is 13.3. The first-order valence-corrected chi connectivity index (χ1v) is 7.77. The molecule has 108 valence electrons. The minimum absolute atomic E-state index is 0.632. The van der Waals surface area contributed by atoms with Crippen molar-refractivity contribution >= 4 is 28.9 Å². The van der Waals surface area contributed by atoms with Gasteiger partial charge < -0.3 is 4.57 Å². The molecule has 0 aliphatic heterocycles. The van der Waals surface area contributed by atoms with Gasteiger partial charge in [-0.3, -0.25) is 0 Å². The highest BCUT2D eigenvalue weighted by Gasteiger charge is 2.10. The van der Waals surface area contributed by atoms with E-state index in [1.165, 1.54) is 11.8 Å². The van der Waals surface area contributed by atoms with E-state index in [1.807, 2.05) is 73.1 Å². The lowest BCUT2D eigenvalue weighted by molar-refractivity contribution is 0.817. The summed E-state index contributed by atoms with van der Waals surface area (Å²) in [5, 5.41) is 10.3. The standard InChI is InChI=1S/C18H15N3S/c1-13-7-3-4-8-14(13)11-15(12-19)22-18-20-16-9-5-6-10-17(16)21(18)2/h3-11H,1-2H3. The Morgan fingerprint density at radius 3 is 2.64 bits per heavy atom. The number of para-hydroxylation sites is 2. The molecule has 1 aromatic heterocycles. The Balaban J connectivity index is 1.97. The predicted molar refractivity (Wildman–Crippen MR) is 91.3 cm³/mol. The first-order chi connectivity index (χ1) is 10.7. The lowest BCUT2D eigenvalue weighted by atomic mass is 10.1. The van der Waals surface area contributed by atoms with E-state index in [0.29, 0.717) is 4.91 Å². The van der Waals surface area contributed by atoms with Gasteiger partial charge in [-0.2, -0.15) is 5.26 Å². The summed E-state index contributed by atoms with van der Waals surface area (Å²) in [7, 11) is 1.97. The van der Waals surface area contributed by atoms with Gasteiger partial charge in [-0.15, -0.1) is 0 Å². The highest BCUT2D eigenvalue weighted by atomic mass is 32.2. The molecule has 0 aliphatic carbocycles. The fourth-order valence-corrected chi connectivity index (χ4v) is 3.10. The van der Waals surface area contributed by atoms with Gasteiger partial charge in [0, 0.05) is 7.05 Å². The molecule has 0 amide bonds. The Hall–Kier alpha value is -2.51. The number of allylic oxidation sites excluding steroid dienone is 1. The van der Waals surface area contributed by atoms with Crippen molar-refractivity contribution in [3.05, 3.63) is 64.6 Å². The molecule has 0 fully saturated rings. The lowest BCUT2D eigenvalue weighted by Crippen LogP contribution is -1.90. The van der Waals surface area contributed by atoms with Gasteiger partial charge in [0.05, 0.1) is 15.9 Å². The van der Waals surface area contributed by atoms with Crippen molar-refractivity contribution < 1.29 is 0 Å². The first kappa shape index (κ1) is 14.4. The Morgan fingerprint density at radius 2 is 1.91 bits per heavy atom. The van der Waals surface area contributed by atoms with Crippen LogP contribution in [0.3, 0.4) is 0 Å². The van der Waals surface area contributed by atoms with E-state index in [2.05, 4.69) is 11.1 Å². The monoisotopic (exact) mass is 305 g/mol. The number of aromatic nitrogens is 2. The van der Waals surface area contributed by atoms with Crippen molar-refractivity contribution in [2.24, 2.45) is 7.05 Å². The normalized spacial score (nSPS) is 11.6. The third-order valence-electron chi connectivity index (χ3n) is 3.53. The minimum atomic E-state index is 0.632. The number of nitriles is 1. The number of aryl methyl sites for hydroxylation is 2. The summed E-state index contributed by atoms with van der Waals surface area (Å²) in [6.45, 7) is 2.04. The molecule has 0 bridgehead atoms. The SMILES string of the molecule is Cc1ccccc1C=C(C#N)Sc1nc2ccccc2n1C. The van der Waals surface area contributed by atoms with Crippen LogP contribution in [0.15, 0.2) is 58.6 Å². The highest BCUT2D eigenvalue weighted by Crippen LogP contribution is 2.29. The van der Waals surface area contributed by atoms with E-state index in [1.54, 1.807) is 0 Å². The maximum atomic E-state index is 9.43. The number of fused-ring (bicyclic) bond motifs is 1. The van der Waals surface area contributed by atoms with E-state index in [0.717, 1.165) is 27.3 Å². The number of rotatable bonds is 3. The van der Waals surface area contributed by atoms with Gasteiger partial charge in [0.15, 0.2) is 5.16 Å². The summed E-state index contributed by atoms with van der Waals surface area (Å²) in [6.07, 6.45) is 1.92. The summed E-state index contributed by atoms with van der Waals surface area (Å²) >= 11 is 1.40. The fourth-order valence-electron chi connectivity index (χ4n) is 2.29. The fraction of sp³-hybridized carbons (Fsp3) is 0.111.